The van der Waals surface area contributed by atoms with Crippen molar-refractivity contribution in [3.63, 3.8) is 0 Å². The maximum atomic E-state index is 12.5. The highest BCUT2D eigenvalue weighted by Crippen LogP contribution is 2.20. The van der Waals surface area contributed by atoms with Crippen molar-refractivity contribution in [3.05, 3.63) is 45.9 Å². The van der Waals surface area contributed by atoms with E-state index in [0.29, 0.717) is 24.6 Å². The zero-order valence-electron chi connectivity index (χ0n) is 14.2. The fourth-order valence-electron chi connectivity index (χ4n) is 2.60. The molecule has 0 aliphatic rings. The molecule has 3 aromatic rings. The van der Waals surface area contributed by atoms with Crippen LogP contribution in [0.25, 0.3) is 11.0 Å². The van der Waals surface area contributed by atoms with Crippen molar-refractivity contribution in [1.29, 1.82) is 0 Å². The van der Waals surface area contributed by atoms with E-state index >= 15 is 0 Å². The second-order valence-corrected chi connectivity index (χ2v) is 7.40. The van der Waals surface area contributed by atoms with E-state index in [-0.39, 0.29) is 5.91 Å². The molecule has 0 atom stereocenters. The van der Waals surface area contributed by atoms with Crippen molar-refractivity contribution in [1.82, 2.24) is 20.1 Å². The number of nitrogens with one attached hydrogen (secondary N) is 1. The number of thiophene rings is 1. The Bertz CT molecular complexity index is 836. The number of fused-ring (bicyclic) bond motifs is 1. The Morgan fingerprint density at radius 1 is 1.42 bits per heavy atom. The summed E-state index contributed by atoms with van der Waals surface area (Å²) in [5, 5.41) is 10.3. The second-order valence-electron chi connectivity index (χ2n) is 6.37. The number of pyridine rings is 1. The largest absolute Gasteiger partial charge is 0.352 e. The fraction of sp³-hybridized carbons (Fsp3) is 0.389. The first-order valence-electron chi connectivity index (χ1n) is 8.18. The van der Waals surface area contributed by atoms with E-state index in [1.807, 2.05) is 29.1 Å². The van der Waals surface area contributed by atoms with Gasteiger partial charge >= 0.3 is 0 Å². The monoisotopic (exact) mass is 342 g/mol. The number of amides is 1. The van der Waals surface area contributed by atoms with Gasteiger partial charge in [-0.1, -0.05) is 19.9 Å². The minimum absolute atomic E-state index is 0.0539. The molecule has 0 aliphatic carbocycles. The first-order valence-corrected chi connectivity index (χ1v) is 9.06. The molecule has 3 rings (SSSR count). The molecule has 3 heterocycles. The van der Waals surface area contributed by atoms with Gasteiger partial charge < -0.3 is 5.32 Å². The molecular formula is C18H22N4OS. The lowest BCUT2D eigenvalue weighted by Crippen LogP contribution is -2.25. The second kappa shape index (κ2) is 7.13. The van der Waals surface area contributed by atoms with Crippen LogP contribution in [0.1, 0.15) is 41.2 Å². The minimum Gasteiger partial charge on any atom is -0.352 e. The Kier molecular flexibility index (Phi) is 4.94. The molecule has 0 bridgehead atoms. The summed E-state index contributed by atoms with van der Waals surface area (Å²) in [7, 11) is 0. The predicted octanol–water partition coefficient (Wildman–Crippen LogP) is 3.63. The predicted molar refractivity (Wildman–Crippen MR) is 97.5 cm³/mol. The van der Waals surface area contributed by atoms with Crippen LogP contribution in [0.2, 0.25) is 0 Å². The van der Waals surface area contributed by atoms with Crippen molar-refractivity contribution >= 4 is 28.3 Å². The normalized spacial score (nSPS) is 11.3. The lowest BCUT2D eigenvalue weighted by Gasteiger charge is -2.09. The van der Waals surface area contributed by atoms with Gasteiger partial charge in [0.25, 0.3) is 5.91 Å². The standard InChI is InChI=1S/C18H22N4OS/c1-12(2)6-7-19-18(23)15-9-13(3)21-17-16(15)10-20-22(17)11-14-5-4-8-24-14/h4-5,8-10,12H,6-7,11H2,1-3H3,(H,19,23). The van der Waals surface area contributed by atoms with E-state index in [0.717, 1.165) is 23.1 Å². The van der Waals surface area contributed by atoms with Crippen LogP contribution < -0.4 is 5.32 Å². The molecule has 5 nitrogen and oxygen atoms in total. The van der Waals surface area contributed by atoms with Crippen molar-refractivity contribution in [2.24, 2.45) is 5.92 Å². The van der Waals surface area contributed by atoms with Crippen LogP contribution in [-0.4, -0.2) is 27.2 Å². The average Bonchev–Trinajstić information content (AvgIpc) is 3.17. The number of aryl methyl sites for hydroxylation is 1. The molecule has 0 unspecified atom stereocenters. The van der Waals surface area contributed by atoms with Crippen LogP contribution in [0.5, 0.6) is 0 Å². The van der Waals surface area contributed by atoms with E-state index in [1.54, 1.807) is 17.5 Å². The highest BCUT2D eigenvalue weighted by atomic mass is 32.1. The molecule has 6 heteroatoms. The van der Waals surface area contributed by atoms with Crippen molar-refractivity contribution in [2.45, 2.75) is 33.7 Å². The number of nitrogens with zero attached hydrogens (tertiary/aromatic N) is 3. The third-order valence-electron chi connectivity index (χ3n) is 3.87. The Balaban J connectivity index is 1.88. The van der Waals surface area contributed by atoms with Crippen LogP contribution >= 0.6 is 11.3 Å². The molecule has 0 spiro atoms. The van der Waals surface area contributed by atoms with E-state index in [1.165, 1.54) is 4.88 Å². The summed E-state index contributed by atoms with van der Waals surface area (Å²) >= 11 is 1.69. The number of hydrogen-bond donors (Lipinski definition) is 1. The number of aromatic nitrogens is 3. The molecule has 0 aromatic carbocycles. The molecule has 126 valence electrons. The summed E-state index contributed by atoms with van der Waals surface area (Å²) in [6, 6.07) is 5.94. The Morgan fingerprint density at radius 2 is 2.25 bits per heavy atom. The van der Waals surface area contributed by atoms with Gasteiger partial charge in [-0.15, -0.1) is 11.3 Å². The zero-order valence-corrected chi connectivity index (χ0v) is 15.1. The van der Waals surface area contributed by atoms with E-state index in [9.17, 15) is 4.79 Å². The van der Waals surface area contributed by atoms with Gasteiger partial charge in [0.2, 0.25) is 0 Å². The third kappa shape index (κ3) is 3.64. The Hall–Kier alpha value is -2.21. The van der Waals surface area contributed by atoms with Crippen LogP contribution in [-0.2, 0) is 6.54 Å². The van der Waals surface area contributed by atoms with Crippen LogP contribution in [0.4, 0.5) is 0 Å². The number of rotatable bonds is 6. The quantitative estimate of drug-likeness (QED) is 0.744. The zero-order chi connectivity index (χ0) is 17.1. The summed E-state index contributed by atoms with van der Waals surface area (Å²) in [5.74, 6) is 0.514. The van der Waals surface area contributed by atoms with Gasteiger partial charge in [0.15, 0.2) is 5.65 Å². The van der Waals surface area contributed by atoms with Crippen LogP contribution in [0, 0.1) is 12.8 Å². The first-order chi connectivity index (χ1) is 11.5. The lowest BCUT2D eigenvalue weighted by atomic mass is 10.1. The van der Waals surface area contributed by atoms with Crippen molar-refractivity contribution in [2.75, 3.05) is 6.54 Å². The van der Waals surface area contributed by atoms with Crippen LogP contribution in [0.15, 0.2) is 29.8 Å². The van der Waals surface area contributed by atoms with Crippen LogP contribution in [0.3, 0.4) is 0 Å². The van der Waals surface area contributed by atoms with Gasteiger partial charge in [0.1, 0.15) is 0 Å². The summed E-state index contributed by atoms with van der Waals surface area (Å²) in [4.78, 5) is 18.4. The number of carbonyl (C=O) groups excluding carboxylic acids is 1. The summed E-state index contributed by atoms with van der Waals surface area (Å²) < 4.78 is 1.86. The Morgan fingerprint density at radius 3 is 2.96 bits per heavy atom. The minimum atomic E-state index is -0.0539. The van der Waals surface area contributed by atoms with Crippen molar-refractivity contribution in [3.8, 4) is 0 Å². The molecule has 0 saturated carbocycles. The summed E-state index contributed by atoms with van der Waals surface area (Å²) in [6.07, 6.45) is 2.71. The van der Waals surface area contributed by atoms with Gasteiger partial charge in [-0.25, -0.2) is 9.67 Å². The molecule has 3 aromatic heterocycles. The third-order valence-corrected chi connectivity index (χ3v) is 4.74. The molecule has 1 N–H and O–H groups in total. The van der Waals surface area contributed by atoms with Gasteiger partial charge in [0, 0.05) is 17.1 Å². The van der Waals surface area contributed by atoms with E-state index in [4.69, 9.17) is 0 Å². The fourth-order valence-corrected chi connectivity index (χ4v) is 3.28. The van der Waals surface area contributed by atoms with E-state index in [2.05, 4.69) is 35.3 Å². The lowest BCUT2D eigenvalue weighted by molar-refractivity contribution is 0.0953. The van der Waals surface area contributed by atoms with E-state index < -0.39 is 0 Å². The molecule has 0 aliphatic heterocycles. The van der Waals surface area contributed by atoms with Gasteiger partial charge in [-0.2, -0.15) is 5.10 Å². The molecule has 0 saturated heterocycles. The van der Waals surface area contributed by atoms with Crippen molar-refractivity contribution < 1.29 is 4.79 Å². The Labute approximate surface area is 145 Å². The molecule has 0 fully saturated rings. The molecule has 0 radical (unpaired) electrons. The molecule has 24 heavy (non-hydrogen) atoms. The number of carbonyl (C=O) groups is 1. The number of hydrogen-bond acceptors (Lipinski definition) is 4. The SMILES string of the molecule is Cc1cc(C(=O)NCCC(C)C)c2cnn(Cc3cccs3)c2n1. The molecule has 1 amide bonds. The average molecular weight is 342 g/mol. The van der Waals surface area contributed by atoms with Gasteiger partial charge in [-0.3, -0.25) is 4.79 Å². The summed E-state index contributed by atoms with van der Waals surface area (Å²) in [5.41, 5.74) is 2.24. The van der Waals surface area contributed by atoms with Gasteiger partial charge in [0.05, 0.1) is 23.7 Å². The molecular weight excluding hydrogens is 320 g/mol. The topological polar surface area (TPSA) is 59.8 Å². The summed E-state index contributed by atoms with van der Waals surface area (Å²) in [6.45, 7) is 7.56. The maximum Gasteiger partial charge on any atom is 0.252 e. The van der Waals surface area contributed by atoms with Gasteiger partial charge in [-0.05, 0) is 36.8 Å². The highest BCUT2D eigenvalue weighted by Gasteiger charge is 2.16. The maximum absolute atomic E-state index is 12.5. The first kappa shape index (κ1) is 16.6. The highest BCUT2D eigenvalue weighted by molar-refractivity contribution is 7.09. The smallest absolute Gasteiger partial charge is 0.252 e.